The van der Waals surface area contributed by atoms with Gasteiger partial charge in [-0.05, 0) is 37.4 Å². The molecule has 0 aromatic heterocycles. The van der Waals surface area contributed by atoms with Crippen LogP contribution in [0.3, 0.4) is 0 Å². The van der Waals surface area contributed by atoms with Gasteiger partial charge in [0.15, 0.2) is 0 Å². The van der Waals surface area contributed by atoms with Crippen molar-refractivity contribution in [3.8, 4) is 5.75 Å². The first-order valence-corrected chi connectivity index (χ1v) is 7.63. The van der Waals surface area contributed by atoms with Crippen molar-refractivity contribution in [2.75, 3.05) is 18.1 Å². The van der Waals surface area contributed by atoms with Crippen LogP contribution in [0.2, 0.25) is 0 Å². The Morgan fingerprint density at radius 1 is 1.29 bits per heavy atom. The smallest absolute Gasteiger partial charge is 0.123 e. The highest BCUT2D eigenvalue weighted by atomic mass is 32.2. The summed E-state index contributed by atoms with van der Waals surface area (Å²) in [5.74, 6) is 3.40. The van der Waals surface area contributed by atoms with Crippen molar-refractivity contribution in [2.45, 2.75) is 31.4 Å². The van der Waals surface area contributed by atoms with Gasteiger partial charge in [0.25, 0.3) is 0 Å². The van der Waals surface area contributed by atoms with Crippen molar-refractivity contribution in [3.05, 3.63) is 29.8 Å². The van der Waals surface area contributed by atoms with Gasteiger partial charge in [0.1, 0.15) is 11.9 Å². The average Bonchev–Trinajstić information content (AvgIpc) is 2.78. The van der Waals surface area contributed by atoms with Crippen LogP contribution in [0.25, 0.3) is 0 Å². The number of para-hydroxylation sites is 1. The van der Waals surface area contributed by atoms with Crippen molar-refractivity contribution in [2.24, 2.45) is 0 Å². The second-order valence-electron chi connectivity index (χ2n) is 4.88. The van der Waals surface area contributed by atoms with Crippen LogP contribution >= 0.6 is 11.8 Å². The maximum atomic E-state index is 6.04. The highest BCUT2D eigenvalue weighted by molar-refractivity contribution is 8.00. The predicted octanol–water partition coefficient (Wildman–Crippen LogP) is 2.48. The summed E-state index contributed by atoms with van der Waals surface area (Å²) in [5.41, 5.74) is 1.36. The number of benzene rings is 1. The molecule has 92 valence electrons. The molecule has 2 heterocycles. The molecule has 1 atom stereocenters. The van der Waals surface area contributed by atoms with Gasteiger partial charge in [0.05, 0.1) is 0 Å². The molecule has 1 N–H and O–H groups in total. The zero-order chi connectivity index (χ0) is 11.5. The van der Waals surface area contributed by atoms with E-state index in [1.165, 1.54) is 24.9 Å². The van der Waals surface area contributed by atoms with Gasteiger partial charge in [0, 0.05) is 17.5 Å². The van der Waals surface area contributed by atoms with E-state index >= 15 is 0 Å². The summed E-state index contributed by atoms with van der Waals surface area (Å²) in [4.78, 5) is 0. The zero-order valence-electron chi connectivity index (χ0n) is 10.0. The fraction of sp³-hybridized carbons (Fsp3) is 0.571. The number of ether oxygens (including phenoxy) is 1. The molecule has 17 heavy (non-hydrogen) atoms. The first-order valence-electron chi connectivity index (χ1n) is 6.47. The maximum absolute atomic E-state index is 6.04. The SMILES string of the molecule is c1ccc(OC2CSC2)c(CC2CCCN2)c1. The Balaban J connectivity index is 1.68. The third-order valence-corrected chi connectivity index (χ3v) is 4.72. The van der Waals surface area contributed by atoms with Crippen LogP contribution in [0.4, 0.5) is 0 Å². The Kier molecular flexibility index (Phi) is 3.57. The monoisotopic (exact) mass is 249 g/mol. The van der Waals surface area contributed by atoms with Crippen molar-refractivity contribution in [1.29, 1.82) is 0 Å². The third kappa shape index (κ3) is 2.78. The van der Waals surface area contributed by atoms with Gasteiger partial charge in [0.2, 0.25) is 0 Å². The second-order valence-corrected chi connectivity index (χ2v) is 5.96. The van der Waals surface area contributed by atoms with E-state index in [0.29, 0.717) is 12.1 Å². The minimum absolute atomic E-state index is 0.442. The molecule has 2 fully saturated rings. The summed E-state index contributed by atoms with van der Waals surface area (Å²) in [5, 5.41) is 3.55. The minimum Gasteiger partial charge on any atom is -0.488 e. The van der Waals surface area contributed by atoms with E-state index in [0.717, 1.165) is 23.7 Å². The molecule has 2 saturated heterocycles. The fourth-order valence-electron chi connectivity index (χ4n) is 2.45. The molecule has 2 nitrogen and oxygen atoms in total. The number of hydrogen-bond acceptors (Lipinski definition) is 3. The average molecular weight is 249 g/mol. The zero-order valence-corrected chi connectivity index (χ0v) is 10.8. The molecule has 0 radical (unpaired) electrons. The van der Waals surface area contributed by atoms with Gasteiger partial charge >= 0.3 is 0 Å². The van der Waals surface area contributed by atoms with Gasteiger partial charge < -0.3 is 10.1 Å². The molecule has 2 aliphatic rings. The normalized spacial score (nSPS) is 24.6. The number of nitrogens with one attached hydrogen (secondary N) is 1. The minimum atomic E-state index is 0.442. The first kappa shape index (κ1) is 11.4. The van der Waals surface area contributed by atoms with E-state index in [-0.39, 0.29) is 0 Å². The Morgan fingerprint density at radius 3 is 2.88 bits per heavy atom. The molecule has 3 heteroatoms. The summed E-state index contributed by atoms with van der Waals surface area (Å²) >= 11 is 1.97. The summed E-state index contributed by atoms with van der Waals surface area (Å²) in [6.07, 6.45) is 4.16. The van der Waals surface area contributed by atoms with Crippen molar-refractivity contribution in [3.63, 3.8) is 0 Å². The van der Waals surface area contributed by atoms with E-state index in [1.807, 2.05) is 11.8 Å². The summed E-state index contributed by atoms with van der Waals surface area (Å²) in [6.45, 7) is 1.17. The Hall–Kier alpha value is -0.670. The molecular formula is C14H19NOS. The molecule has 0 amide bonds. The van der Waals surface area contributed by atoms with Crippen LogP contribution < -0.4 is 10.1 Å². The molecule has 3 rings (SSSR count). The Labute approximate surface area is 107 Å². The van der Waals surface area contributed by atoms with Crippen LogP contribution in [0.1, 0.15) is 18.4 Å². The van der Waals surface area contributed by atoms with E-state index < -0.39 is 0 Å². The number of thioether (sulfide) groups is 1. The quantitative estimate of drug-likeness (QED) is 0.886. The summed E-state index contributed by atoms with van der Waals surface area (Å²) < 4.78 is 6.04. The topological polar surface area (TPSA) is 21.3 Å². The number of rotatable bonds is 4. The molecule has 0 saturated carbocycles. The molecule has 1 aromatic rings. The largest absolute Gasteiger partial charge is 0.488 e. The molecular weight excluding hydrogens is 230 g/mol. The lowest BCUT2D eigenvalue weighted by molar-refractivity contribution is 0.237. The second kappa shape index (κ2) is 5.32. The van der Waals surface area contributed by atoms with Gasteiger partial charge in [-0.2, -0.15) is 11.8 Å². The van der Waals surface area contributed by atoms with Gasteiger partial charge in [-0.1, -0.05) is 18.2 Å². The van der Waals surface area contributed by atoms with Crippen LogP contribution in [-0.2, 0) is 6.42 Å². The van der Waals surface area contributed by atoms with E-state index in [1.54, 1.807) is 0 Å². The van der Waals surface area contributed by atoms with Crippen LogP contribution in [0, 0.1) is 0 Å². The molecule has 1 aromatic carbocycles. The predicted molar refractivity (Wildman–Crippen MR) is 72.9 cm³/mol. The molecule has 0 bridgehead atoms. The van der Waals surface area contributed by atoms with Crippen LogP contribution in [0.15, 0.2) is 24.3 Å². The van der Waals surface area contributed by atoms with Crippen LogP contribution in [-0.4, -0.2) is 30.2 Å². The Morgan fingerprint density at radius 2 is 2.18 bits per heavy atom. The van der Waals surface area contributed by atoms with E-state index in [9.17, 15) is 0 Å². The molecule has 0 spiro atoms. The first-order chi connectivity index (χ1) is 8.42. The van der Waals surface area contributed by atoms with Crippen molar-refractivity contribution >= 4 is 11.8 Å². The highest BCUT2D eigenvalue weighted by Gasteiger charge is 2.22. The summed E-state index contributed by atoms with van der Waals surface area (Å²) in [6, 6.07) is 9.17. The summed E-state index contributed by atoms with van der Waals surface area (Å²) in [7, 11) is 0. The van der Waals surface area contributed by atoms with Crippen molar-refractivity contribution in [1.82, 2.24) is 5.32 Å². The lowest BCUT2D eigenvalue weighted by atomic mass is 10.0. The third-order valence-electron chi connectivity index (χ3n) is 3.50. The van der Waals surface area contributed by atoms with Crippen LogP contribution in [0.5, 0.6) is 5.75 Å². The maximum Gasteiger partial charge on any atom is 0.123 e. The van der Waals surface area contributed by atoms with E-state index in [4.69, 9.17) is 4.74 Å². The molecule has 1 unspecified atom stereocenters. The molecule has 2 aliphatic heterocycles. The standard InChI is InChI=1S/C14H19NOS/c1-2-6-14(16-13-9-17-10-13)11(4-1)8-12-5-3-7-15-12/h1-2,4,6,12-13,15H,3,5,7-10H2. The fourth-order valence-corrected chi connectivity index (χ4v) is 3.01. The lowest BCUT2D eigenvalue weighted by Gasteiger charge is -2.27. The van der Waals surface area contributed by atoms with Gasteiger partial charge in [-0.15, -0.1) is 0 Å². The highest BCUT2D eigenvalue weighted by Crippen LogP contribution is 2.27. The van der Waals surface area contributed by atoms with Gasteiger partial charge in [-0.25, -0.2) is 0 Å². The number of hydrogen-bond donors (Lipinski definition) is 1. The van der Waals surface area contributed by atoms with Crippen molar-refractivity contribution < 1.29 is 4.74 Å². The molecule has 0 aliphatic carbocycles. The lowest BCUT2D eigenvalue weighted by Crippen LogP contribution is -2.31. The van der Waals surface area contributed by atoms with E-state index in [2.05, 4.69) is 29.6 Å². The Bertz CT molecular complexity index is 372. The van der Waals surface area contributed by atoms with Gasteiger partial charge in [-0.3, -0.25) is 0 Å².